The van der Waals surface area contributed by atoms with Crippen molar-refractivity contribution < 1.29 is 17.2 Å². The first-order chi connectivity index (χ1) is 11.5. The van der Waals surface area contributed by atoms with Gasteiger partial charge in [0.2, 0.25) is 0 Å². The average molecular weight is 407 g/mol. The van der Waals surface area contributed by atoms with Crippen LogP contribution in [-0.2, 0) is 23.8 Å². The fraction of sp³-hybridized carbons (Fsp3) is 1.00. The van der Waals surface area contributed by atoms with E-state index in [1.54, 1.807) is 0 Å². The lowest BCUT2D eigenvalue weighted by Crippen LogP contribution is -2.65. The molecule has 1 unspecified atom stereocenters. The van der Waals surface area contributed by atoms with E-state index in [0.29, 0.717) is 34.7 Å². The highest BCUT2D eigenvalue weighted by Crippen LogP contribution is 2.47. The van der Waals surface area contributed by atoms with Gasteiger partial charge in [0.05, 0.1) is 18.0 Å². The first-order valence-corrected chi connectivity index (χ1v) is 15.2. The highest BCUT2D eigenvalue weighted by Gasteiger charge is 2.60. The molecule has 2 aliphatic heterocycles. The topological polar surface area (TPSA) is 44.8 Å². The van der Waals surface area contributed by atoms with Crippen molar-refractivity contribution in [3.63, 3.8) is 0 Å². The largest absolute Gasteiger partial charge is 0.414 e. The Balaban J connectivity index is 2.56. The van der Waals surface area contributed by atoms with Gasteiger partial charge in [0.15, 0.2) is 0 Å². The van der Waals surface area contributed by atoms with E-state index in [2.05, 4.69) is 62.3 Å². The van der Waals surface area contributed by atoms with Crippen molar-refractivity contribution >= 4 is 27.9 Å². The Kier molecular flexibility index (Phi) is 6.82. The Labute approximate surface area is 159 Å². The van der Waals surface area contributed by atoms with Gasteiger partial charge in [-0.25, -0.2) is 0 Å². The monoisotopic (exact) mass is 406 g/mol. The maximum absolute atomic E-state index is 12.7. The molecule has 2 rings (SSSR count). The molecule has 0 radical (unpaired) electrons. The second-order valence-electron chi connectivity index (χ2n) is 9.12. The van der Waals surface area contributed by atoms with Crippen molar-refractivity contribution in [1.29, 1.82) is 0 Å². The molecule has 2 aliphatic rings. The molecule has 2 saturated heterocycles. The Morgan fingerprint density at radius 3 is 1.80 bits per heavy atom. The fourth-order valence-corrected chi connectivity index (χ4v) is 17.8. The van der Waals surface area contributed by atoms with Crippen molar-refractivity contribution in [1.82, 2.24) is 0 Å². The lowest BCUT2D eigenvalue weighted by Gasteiger charge is -2.51. The molecular weight excluding hydrogens is 368 g/mol. The van der Waals surface area contributed by atoms with Crippen LogP contribution in [0.5, 0.6) is 0 Å². The molecular formula is C18H38O4SSi2. The first-order valence-electron chi connectivity index (χ1n) is 9.87. The van der Waals surface area contributed by atoms with Gasteiger partial charge in [-0.05, 0) is 28.1 Å². The molecule has 0 aromatic heterocycles. The van der Waals surface area contributed by atoms with Crippen LogP contribution >= 0.6 is 0 Å². The Hall–Kier alpha value is 0.464. The third-order valence-corrected chi connectivity index (χ3v) is 18.2. The lowest BCUT2D eigenvalue weighted by molar-refractivity contribution is 0.0542. The zero-order valence-electron chi connectivity index (χ0n) is 17.5. The van der Waals surface area contributed by atoms with Crippen LogP contribution < -0.4 is 0 Å². The van der Waals surface area contributed by atoms with Crippen LogP contribution in [0.3, 0.4) is 0 Å². The van der Waals surface area contributed by atoms with E-state index < -0.39 is 27.9 Å². The van der Waals surface area contributed by atoms with Crippen molar-refractivity contribution in [2.24, 2.45) is 5.92 Å². The Bertz CT molecular complexity index is 479. The maximum Gasteiger partial charge on any atom is 0.334 e. The van der Waals surface area contributed by atoms with Gasteiger partial charge in [-0.2, -0.15) is 0 Å². The molecule has 0 aromatic rings. The van der Waals surface area contributed by atoms with E-state index in [9.17, 15) is 4.21 Å². The van der Waals surface area contributed by atoms with E-state index in [0.717, 1.165) is 5.75 Å². The van der Waals surface area contributed by atoms with Crippen LogP contribution in [-0.4, -0.2) is 45.0 Å². The molecule has 0 bridgehead atoms. The van der Waals surface area contributed by atoms with E-state index in [-0.39, 0.29) is 11.4 Å². The summed E-state index contributed by atoms with van der Waals surface area (Å²) in [6, 6.07) is 0. The molecule has 25 heavy (non-hydrogen) atoms. The van der Waals surface area contributed by atoms with Crippen LogP contribution in [0.25, 0.3) is 0 Å². The molecule has 0 aliphatic carbocycles. The summed E-state index contributed by atoms with van der Waals surface area (Å²) in [6.45, 7) is 20.5. The number of hydrogen-bond acceptors (Lipinski definition) is 4. The van der Waals surface area contributed by atoms with E-state index in [1.165, 1.54) is 0 Å². The minimum atomic E-state index is -2.54. The van der Waals surface area contributed by atoms with E-state index in [1.807, 2.05) is 0 Å². The first kappa shape index (κ1) is 21.8. The summed E-state index contributed by atoms with van der Waals surface area (Å²) >= 11 is 0. The van der Waals surface area contributed by atoms with Crippen LogP contribution in [0.4, 0.5) is 0 Å². The molecule has 7 heteroatoms. The molecule has 0 amide bonds. The molecule has 0 saturated carbocycles. The minimum absolute atomic E-state index is 0.00336. The molecule has 0 spiro atoms. The molecule has 4 nitrogen and oxygen atoms in total. The van der Waals surface area contributed by atoms with Gasteiger partial charge < -0.3 is 13.0 Å². The van der Waals surface area contributed by atoms with Gasteiger partial charge in [-0.15, -0.1) is 0 Å². The highest BCUT2D eigenvalue weighted by molar-refractivity contribution is 7.86. The quantitative estimate of drug-likeness (QED) is 0.634. The summed E-state index contributed by atoms with van der Waals surface area (Å²) in [7, 11) is -5.89. The van der Waals surface area contributed by atoms with Crippen LogP contribution in [0, 0.1) is 5.92 Å². The van der Waals surface area contributed by atoms with Crippen LogP contribution in [0.2, 0.25) is 22.2 Å². The zero-order valence-corrected chi connectivity index (χ0v) is 20.3. The minimum Gasteiger partial charge on any atom is -0.414 e. The van der Waals surface area contributed by atoms with Gasteiger partial charge in [0.25, 0.3) is 0 Å². The SMILES string of the molecule is CC(C)[Si]1(C(C)C)OC[C@@H]2[C@@H](O[Si](C(C)C)(C(C)C)O1)[C@@H](C)CS2=O. The molecule has 0 aromatic carbocycles. The molecule has 2 heterocycles. The summed E-state index contributed by atoms with van der Waals surface area (Å²) in [4.78, 5) is 0. The van der Waals surface area contributed by atoms with E-state index in [4.69, 9.17) is 13.0 Å². The molecule has 0 N–H and O–H groups in total. The smallest absolute Gasteiger partial charge is 0.334 e. The molecule has 148 valence electrons. The summed E-state index contributed by atoms with van der Waals surface area (Å²) in [6.07, 6.45) is 0.00336. The second-order valence-corrected chi connectivity index (χ2v) is 19.7. The van der Waals surface area contributed by atoms with Crippen molar-refractivity contribution in [2.75, 3.05) is 12.4 Å². The lowest BCUT2D eigenvalue weighted by atomic mass is 10.1. The standard InChI is InChI=1S/C18H38O4SSi2/c1-12(2)24(13(3)4)20-10-17-18(16(9)11-23(17)19)21-25(22-24,14(5)6)15(7)8/h12-18H,10-11H2,1-9H3/t16-,17+,18-,23?/m0/s1. The predicted molar refractivity (Wildman–Crippen MR) is 110 cm³/mol. The van der Waals surface area contributed by atoms with Gasteiger partial charge in [-0.3, -0.25) is 4.21 Å². The van der Waals surface area contributed by atoms with Gasteiger partial charge >= 0.3 is 17.1 Å². The summed E-state index contributed by atoms with van der Waals surface area (Å²) < 4.78 is 33.5. The molecule has 4 atom stereocenters. The zero-order chi connectivity index (χ0) is 19.2. The second kappa shape index (κ2) is 7.83. The predicted octanol–water partition coefficient (Wildman–Crippen LogP) is 4.71. The normalized spacial score (nSPS) is 35.2. The fourth-order valence-electron chi connectivity index (χ4n) is 4.49. The van der Waals surface area contributed by atoms with Crippen LogP contribution in [0.15, 0.2) is 0 Å². The van der Waals surface area contributed by atoms with Gasteiger partial charge in [-0.1, -0.05) is 62.3 Å². The molecule has 2 fully saturated rings. The maximum atomic E-state index is 12.7. The highest BCUT2D eigenvalue weighted by atomic mass is 32.2. The number of hydrogen-bond donors (Lipinski definition) is 0. The summed E-state index contributed by atoms with van der Waals surface area (Å²) in [5.41, 5.74) is 1.34. The van der Waals surface area contributed by atoms with Gasteiger partial charge in [0.1, 0.15) is 0 Å². The van der Waals surface area contributed by atoms with Crippen molar-refractivity contribution in [3.8, 4) is 0 Å². The average Bonchev–Trinajstić information content (AvgIpc) is 2.70. The summed E-state index contributed by atoms with van der Waals surface area (Å²) in [5.74, 6) is 1.02. The number of rotatable bonds is 4. The van der Waals surface area contributed by atoms with E-state index >= 15 is 0 Å². The Morgan fingerprint density at radius 2 is 1.36 bits per heavy atom. The number of fused-ring (bicyclic) bond motifs is 1. The van der Waals surface area contributed by atoms with Crippen molar-refractivity contribution in [3.05, 3.63) is 0 Å². The summed E-state index contributed by atoms with van der Waals surface area (Å²) in [5, 5.41) is -0.00681. The third kappa shape index (κ3) is 3.74. The van der Waals surface area contributed by atoms with Crippen LogP contribution in [0.1, 0.15) is 62.3 Å². The Morgan fingerprint density at radius 1 is 0.880 bits per heavy atom. The van der Waals surface area contributed by atoms with Gasteiger partial charge in [0, 0.05) is 16.6 Å². The third-order valence-electron chi connectivity index (χ3n) is 6.02. The van der Waals surface area contributed by atoms with Crippen molar-refractivity contribution in [2.45, 2.75) is 95.8 Å².